The third-order valence-electron chi connectivity index (χ3n) is 4.64. The molecule has 3 nitrogen and oxygen atoms in total. The number of thiazole rings is 1. The first kappa shape index (κ1) is 15.5. The van der Waals surface area contributed by atoms with Gasteiger partial charge in [0.15, 0.2) is 0 Å². The van der Waals surface area contributed by atoms with Crippen LogP contribution in [0, 0.1) is 0 Å². The van der Waals surface area contributed by atoms with Crippen LogP contribution in [0.4, 0.5) is 0 Å². The molecule has 0 bridgehead atoms. The van der Waals surface area contributed by atoms with E-state index < -0.39 is 0 Å². The molecule has 0 N–H and O–H groups in total. The first-order valence-electron chi connectivity index (χ1n) is 8.34. The van der Waals surface area contributed by atoms with Gasteiger partial charge in [-0.15, -0.1) is 11.3 Å². The summed E-state index contributed by atoms with van der Waals surface area (Å²) in [6.45, 7) is 0. The van der Waals surface area contributed by atoms with Gasteiger partial charge in [0, 0.05) is 19.5 Å². The van der Waals surface area contributed by atoms with E-state index in [1.54, 1.807) is 11.3 Å². The maximum Gasteiger partial charge on any atom is 0.222 e. The molecule has 3 rings (SSSR count). The number of fused-ring (bicyclic) bond motifs is 1. The van der Waals surface area contributed by atoms with E-state index >= 15 is 0 Å². The van der Waals surface area contributed by atoms with Crippen LogP contribution in [0.25, 0.3) is 10.2 Å². The minimum Gasteiger partial charge on any atom is -0.343 e. The number of rotatable bonds is 5. The molecular weight excluding hydrogens is 292 g/mol. The van der Waals surface area contributed by atoms with Crippen LogP contribution in [0.3, 0.4) is 0 Å². The summed E-state index contributed by atoms with van der Waals surface area (Å²) in [5.74, 6) is 0.299. The molecule has 1 fully saturated rings. The highest BCUT2D eigenvalue weighted by molar-refractivity contribution is 7.18. The van der Waals surface area contributed by atoms with Gasteiger partial charge in [0.05, 0.1) is 15.2 Å². The Morgan fingerprint density at radius 1 is 1.27 bits per heavy atom. The number of aryl methyl sites for hydroxylation is 1. The second-order valence-electron chi connectivity index (χ2n) is 6.23. The summed E-state index contributed by atoms with van der Waals surface area (Å²) >= 11 is 1.75. The maximum atomic E-state index is 12.3. The zero-order valence-corrected chi connectivity index (χ0v) is 14.1. The summed E-state index contributed by atoms with van der Waals surface area (Å²) in [4.78, 5) is 18.9. The van der Waals surface area contributed by atoms with Crippen molar-refractivity contribution in [3.8, 4) is 0 Å². The Labute approximate surface area is 136 Å². The van der Waals surface area contributed by atoms with Crippen molar-refractivity contribution in [1.29, 1.82) is 0 Å². The highest BCUT2D eigenvalue weighted by Gasteiger charge is 2.21. The highest BCUT2D eigenvalue weighted by Crippen LogP contribution is 2.24. The van der Waals surface area contributed by atoms with Crippen LogP contribution >= 0.6 is 11.3 Å². The number of benzene rings is 1. The predicted octanol–water partition coefficient (Wildman–Crippen LogP) is 4.41. The number of amides is 1. The van der Waals surface area contributed by atoms with Gasteiger partial charge in [-0.2, -0.15) is 0 Å². The lowest BCUT2D eigenvalue weighted by atomic mass is 9.94. The molecule has 0 aliphatic heterocycles. The molecule has 4 heteroatoms. The van der Waals surface area contributed by atoms with Crippen LogP contribution in [-0.4, -0.2) is 28.9 Å². The summed E-state index contributed by atoms with van der Waals surface area (Å²) < 4.78 is 1.24. The Balaban J connectivity index is 1.48. The van der Waals surface area contributed by atoms with Gasteiger partial charge >= 0.3 is 0 Å². The summed E-state index contributed by atoms with van der Waals surface area (Å²) in [6, 6.07) is 8.71. The molecule has 1 aromatic carbocycles. The Morgan fingerprint density at radius 3 is 2.82 bits per heavy atom. The second kappa shape index (κ2) is 7.23. The molecule has 22 heavy (non-hydrogen) atoms. The molecule has 0 radical (unpaired) electrons. The van der Waals surface area contributed by atoms with Gasteiger partial charge in [-0.3, -0.25) is 4.79 Å². The number of carbonyl (C=O) groups excluding carboxylic acids is 1. The van der Waals surface area contributed by atoms with E-state index in [4.69, 9.17) is 0 Å². The molecule has 0 unspecified atom stereocenters. The second-order valence-corrected chi connectivity index (χ2v) is 7.34. The molecule has 1 heterocycles. The van der Waals surface area contributed by atoms with E-state index in [-0.39, 0.29) is 0 Å². The molecule has 2 aromatic rings. The average molecular weight is 316 g/mol. The van der Waals surface area contributed by atoms with Crippen molar-refractivity contribution in [1.82, 2.24) is 9.88 Å². The fourth-order valence-electron chi connectivity index (χ4n) is 3.27. The van der Waals surface area contributed by atoms with Crippen LogP contribution in [0.5, 0.6) is 0 Å². The molecule has 0 saturated heterocycles. The van der Waals surface area contributed by atoms with Gasteiger partial charge in [0.2, 0.25) is 5.91 Å². The van der Waals surface area contributed by atoms with Crippen LogP contribution in [0.1, 0.15) is 50.0 Å². The fourth-order valence-corrected chi connectivity index (χ4v) is 4.28. The van der Waals surface area contributed by atoms with Crippen LogP contribution in [-0.2, 0) is 11.2 Å². The van der Waals surface area contributed by atoms with Gasteiger partial charge in [-0.05, 0) is 37.8 Å². The standard InChI is InChI=1S/C18H24N2OS/c1-20(14-8-3-2-4-9-14)18(21)13-7-12-17-19-15-10-5-6-11-16(15)22-17/h5-6,10-11,14H,2-4,7-9,12-13H2,1H3. The zero-order valence-electron chi connectivity index (χ0n) is 13.3. The van der Waals surface area contributed by atoms with Gasteiger partial charge in [-0.25, -0.2) is 4.98 Å². The molecule has 1 aromatic heterocycles. The van der Waals surface area contributed by atoms with Crippen molar-refractivity contribution in [2.75, 3.05) is 7.05 Å². The summed E-state index contributed by atoms with van der Waals surface area (Å²) in [5, 5.41) is 1.15. The van der Waals surface area contributed by atoms with E-state index in [1.165, 1.54) is 36.8 Å². The summed E-state index contributed by atoms with van der Waals surface area (Å²) in [6.07, 6.45) is 8.68. The SMILES string of the molecule is CN(C(=O)CCCc1nc2ccccc2s1)C1CCCCC1. The monoisotopic (exact) mass is 316 g/mol. The van der Waals surface area contributed by atoms with E-state index in [9.17, 15) is 4.79 Å². The van der Waals surface area contributed by atoms with Gasteiger partial charge in [-0.1, -0.05) is 31.4 Å². The first-order valence-corrected chi connectivity index (χ1v) is 9.16. The maximum absolute atomic E-state index is 12.3. The lowest BCUT2D eigenvalue weighted by molar-refractivity contribution is -0.132. The lowest BCUT2D eigenvalue weighted by Gasteiger charge is -2.31. The highest BCUT2D eigenvalue weighted by atomic mass is 32.1. The number of nitrogens with zero attached hydrogens (tertiary/aromatic N) is 2. The number of para-hydroxylation sites is 1. The van der Waals surface area contributed by atoms with Gasteiger partial charge < -0.3 is 4.90 Å². The molecule has 1 aliphatic rings. The summed E-state index contributed by atoms with van der Waals surface area (Å²) in [7, 11) is 1.98. The Kier molecular flexibility index (Phi) is 5.08. The van der Waals surface area contributed by atoms with Crippen molar-refractivity contribution >= 4 is 27.5 Å². The van der Waals surface area contributed by atoms with Crippen LogP contribution in [0.2, 0.25) is 0 Å². The number of carbonyl (C=O) groups is 1. The third kappa shape index (κ3) is 3.67. The minimum absolute atomic E-state index is 0.299. The molecule has 0 atom stereocenters. The summed E-state index contributed by atoms with van der Waals surface area (Å²) in [5.41, 5.74) is 1.08. The van der Waals surface area contributed by atoms with Crippen LogP contribution in [0.15, 0.2) is 24.3 Å². The number of hydrogen-bond acceptors (Lipinski definition) is 3. The normalized spacial score (nSPS) is 16.0. The molecule has 0 spiro atoms. The largest absolute Gasteiger partial charge is 0.343 e. The lowest BCUT2D eigenvalue weighted by Crippen LogP contribution is -2.38. The third-order valence-corrected chi connectivity index (χ3v) is 5.73. The molecule has 1 aliphatic carbocycles. The van der Waals surface area contributed by atoms with E-state index in [0.29, 0.717) is 18.4 Å². The zero-order chi connectivity index (χ0) is 15.4. The smallest absolute Gasteiger partial charge is 0.222 e. The Hall–Kier alpha value is -1.42. The molecular formula is C18H24N2OS. The number of aromatic nitrogens is 1. The van der Waals surface area contributed by atoms with Crippen LogP contribution < -0.4 is 0 Å². The van der Waals surface area contributed by atoms with Crippen molar-refractivity contribution in [2.24, 2.45) is 0 Å². The number of hydrogen-bond donors (Lipinski definition) is 0. The molecule has 118 valence electrons. The van der Waals surface area contributed by atoms with Gasteiger partial charge in [0.25, 0.3) is 0 Å². The first-order chi connectivity index (χ1) is 10.7. The minimum atomic E-state index is 0.299. The Bertz CT molecular complexity index is 598. The quantitative estimate of drug-likeness (QED) is 0.818. The average Bonchev–Trinajstić information content (AvgIpc) is 2.97. The molecule has 1 amide bonds. The van der Waals surface area contributed by atoms with E-state index in [1.807, 2.05) is 24.1 Å². The van der Waals surface area contributed by atoms with Crippen molar-refractivity contribution in [2.45, 2.75) is 57.4 Å². The van der Waals surface area contributed by atoms with Crippen molar-refractivity contribution < 1.29 is 4.79 Å². The van der Waals surface area contributed by atoms with Crippen molar-refractivity contribution in [3.63, 3.8) is 0 Å². The fraction of sp³-hybridized carbons (Fsp3) is 0.556. The Morgan fingerprint density at radius 2 is 2.05 bits per heavy atom. The topological polar surface area (TPSA) is 33.2 Å². The predicted molar refractivity (Wildman–Crippen MR) is 92.2 cm³/mol. The van der Waals surface area contributed by atoms with E-state index in [0.717, 1.165) is 23.4 Å². The van der Waals surface area contributed by atoms with E-state index in [2.05, 4.69) is 17.1 Å². The molecule has 1 saturated carbocycles. The van der Waals surface area contributed by atoms with Gasteiger partial charge in [0.1, 0.15) is 0 Å². The van der Waals surface area contributed by atoms with Crippen molar-refractivity contribution in [3.05, 3.63) is 29.3 Å².